The molecular weight excluding hydrogens is 425 g/mol. The van der Waals surface area contributed by atoms with Gasteiger partial charge in [-0.15, -0.1) is 13.2 Å². The summed E-state index contributed by atoms with van der Waals surface area (Å²) >= 11 is 0. The summed E-state index contributed by atoms with van der Waals surface area (Å²) in [6, 6.07) is 5.54. The third-order valence-electron chi connectivity index (χ3n) is 5.15. The Bertz CT molecular complexity index is 857. The predicted octanol–water partition coefficient (Wildman–Crippen LogP) is 5.12. The molecule has 0 spiro atoms. The van der Waals surface area contributed by atoms with Crippen molar-refractivity contribution in [2.24, 2.45) is 0 Å². The molecule has 0 aliphatic carbocycles. The van der Waals surface area contributed by atoms with Crippen molar-refractivity contribution in [1.29, 1.82) is 0 Å². The highest BCUT2D eigenvalue weighted by molar-refractivity contribution is 5.85. The van der Waals surface area contributed by atoms with Crippen LogP contribution in [0.1, 0.15) is 46.5 Å². The fraction of sp³-hybridized carbons (Fsp3) is 0.565. The van der Waals surface area contributed by atoms with E-state index in [1.165, 1.54) is 24.3 Å². The third-order valence-corrected chi connectivity index (χ3v) is 5.15. The number of carbonyl (C=O) groups excluding carboxylic acids is 1. The van der Waals surface area contributed by atoms with E-state index in [2.05, 4.69) is 9.31 Å². The van der Waals surface area contributed by atoms with E-state index in [9.17, 15) is 18.0 Å². The number of amides is 1. The van der Waals surface area contributed by atoms with E-state index in [4.69, 9.17) is 9.47 Å². The number of hydrogen-bond acceptors (Lipinski definition) is 4. The summed E-state index contributed by atoms with van der Waals surface area (Å²) in [6.45, 7) is 7.57. The van der Waals surface area contributed by atoms with E-state index in [-0.39, 0.29) is 17.9 Å². The van der Waals surface area contributed by atoms with Crippen LogP contribution >= 0.6 is 0 Å². The SMILES string of the molecule is CC(C)(C)OC(=O)N1CCCC([N+]2=C(Oc3ccc(OC(F)(F)F)cc3)C=CCC2)CC1. The minimum absolute atomic E-state index is 0.190. The molecule has 2 heterocycles. The lowest BCUT2D eigenvalue weighted by molar-refractivity contribution is -0.573. The first-order chi connectivity index (χ1) is 15.0. The number of nitrogens with zero attached hydrogens (tertiary/aromatic N) is 2. The highest BCUT2D eigenvalue weighted by Gasteiger charge is 2.33. The van der Waals surface area contributed by atoms with Crippen molar-refractivity contribution in [3.8, 4) is 11.5 Å². The molecule has 1 unspecified atom stereocenters. The van der Waals surface area contributed by atoms with Gasteiger partial charge in [-0.3, -0.25) is 0 Å². The summed E-state index contributed by atoms with van der Waals surface area (Å²) in [4.78, 5) is 14.2. The molecule has 1 saturated heterocycles. The fourth-order valence-electron chi connectivity index (χ4n) is 3.79. The standard InChI is InChI=1S/C23H30F3N2O4/c1-22(2,3)32-21(29)27-14-6-7-17(13-16-27)28-15-5-4-8-20(28)30-18-9-11-19(12-10-18)31-23(24,25)26/h4,8-12,17H,5-7,13-16H2,1-3H3/q+1. The molecule has 0 saturated carbocycles. The monoisotopic (exact) mass is 455 g/mol. The quantitative estimate of drug-likeness (QED) is 0.594. The van der Waals surface area contributed by atoms with Crippen molar-refractivity contribution in [3.63, 3.8) is 0 Å². The number of benzene rings is 1. The molecule has 3 rings (SSSR count). The van der Waals surface area contributed by atoms with Gasteiger partial charge in [0.25, 0.3) is 0 Å². The summed E-state index contributed by atoms with van der Waals surface area (Å²) in [5.74, 6) is 0.781. The molecule has 1 aromatic rings. The maximum absolute atomic E-state index is 12.4. The van der Waals surface area contributed by atoms with Crippen LogP contribution in [0.15, 0.2) is 36.4 Å². The lowest BCUT2D eigenvalue weighted by Gasteiger charge is -2.26. The second-order valence-electron chi connectivity index (χ2n) is 8.90. The Morgan fingerprint density at radius 1 is 1.06 bits per heavy atom. The van der Waals surface area contributed by atoms with Crippen LogP contribution in [0.5, 0.6) is 11.5 Å². The van der Waals surface area contributed by atoms with Gasteiger partial charge in [0.05, 0.1) is 0 Å². The van der Waals surface area contributed by atoms with Gasteiger partial charge < -0.3 is 19.1 Å². The maximum atomic E-state index is 12.4. The smallest absolute Gasteiger partial charge is 0.444 e. The second-order valence-corrected chi connectivity index (χ2v) is 8.90. The van der Waals surface area contributed by atoms with Gasteiger partial charge in [0, 0.05) is 38.4 Å². The van der Waals surface area contributed by atoms with Crippen molar-refractivity contribution in [3.05, 3.63) is 36.4 Å². The summed E-state index contributed by atoms with van der Waals surface area (Å²) in [7, 11) is 0. The van der Waals surface area contributed by atoms with Crippen LogP contribution < -0.4 is 9.47 Å². The number of likely N-dealkylation sites (tertiary alicyclic amines) is 1. The summed E-state index contributed by atoms with van der Waals surface area (Å²) in [5.41, 5.74) is -0.532. The number of halogens is 3. The van der Waals surface area contributed by atoms with Crippen LogP contribution in [-0.2, 0) is 4.74 Å². The zero-order valence-electron chi connectivity index (χ0n) is 18.7. The molecule has 176 valence electrons. The normalized spacial score (nSPS) is 20.1. The highest BCUT2D eigenvalue weighted by atomic mass is 19.4. The fourth-order valence-corrected chi connectivity index (χ4v) is 3.79. The Hall–Kier alpha value is -2.71. The van der Waals surface area contributed by atoms with Crippen molar-refractivity contribution < 1.29 is 36.8 Å². The van der Waals surface area contributed by atoms with E-state index < -0.39 is 12.0 Å². The molecule has 1 fully saturated rings. The van der Waals surface area contributed by atoms with Gasteiger partial charge in [0.15, 0.2) is 6.04 Å². The highest BCUT2D eigenvalue weighted by Crippen LogP contribution is 2.25. The molecule has 2 aliphatic rings. The molecule has 9 heteroatoms. The number of ether oxygens (including phenoxy) is 3. The van der Waals surface area contributed by atoms with Gasteiger partial charge >= 0.3 is 18.4 Å². The Kier molecular flexibility index (Phi) is 7.36. The van der Waals surface area contributed by atoms with E-state index in [1.807, 2.05) is 32.9 Å². The van der Waals surface area contributed by atoms with Crippen LogP contribution in [0.25, 0.3) is 0 Å². The number of carbonyl (C=O) groups is 1. The van der Waals surface area contributed by atoms with Gasteiger partial charge in [0.2, 0.25) is 0 Å². The van der Waals surface area contributed by atoms with Crippen LogP contribution in [0, 0.1) is 0 Å². The van der Waals surface area contributed by atoms with Gasteiger partial charge in [-0.25, -0.2) is 4.79 Å². The molecule has 32 heavy (non-hydrogen) atoms. The van der Waals surface area contributed by atoms with Crippen molar-refractivity contribution in [2.45, 2.75) is 64.5 Å². The summed E-state index contributed by atoms with van der Waals surface area (Å²) in [6.07, 6.45) is 2.27. The van der Waals surface area contributed by atoms with Crippen molar-refractivity contribution in [2.75, 3.05) is 19.6 Å². The van der Waals surface area contributed by atoms with E-state index in [0.29, 0.717) is 24.7 Å². The first-order valence-electron chi connectivity index (χ1n) is 10.8. The van der Waals surface area contributed by atoms with Crippen LogP contribution in [0.2, 0.25) is 0 Å². The minimum atomic E-state index is -4.73. The summed E-state index contributed by atoms with van der Waals surface area (Å²) in [5, 5.41) is 0. The Balaban J connectivity index is 1.68. The van der Waals surface area contributed by atoms with Crippen molar-refractivity contribution >= 4 is 12.0 Å². The maximum Gasteiger partial charge on any atom is 0.573 e. The van der Waals surface area contributed by atoms with Crippen LogP contribution in [0.3, 0.4) is 0 Å². The first-order valence-corrected chi connectivity index (χ1v) is 10.8. The molecule has 1 aromatic carbocycles. The largest absolute Gasteiger partial charge is 0.573 e. The molecule has 0 radical (unpaired) electrons. The zero-order valence-corrected chi connectivity index (χ0v) is 18.7. The van der Waals surface area contributed by atoms with Crippen LogP contribution in [0.4, 0.5) is 18.0 Å². The topological polar surface area (TPSA) is 51.0 Å². The molecule has 0 aromatic heterocycles. The Morgan fingerprint density at radius 2 is 1.75 bits per heavy atom. The lowest BCUT2D eigenvalue weighted by Crippen LogP contribution is -2.39. The van der Waals surface area contributed by atoms with Gasteiger partial charge in [-0.2, -0.15) is 4.58 Å². The second kappa shape index (κ2) is 9.83. The predicted molar refractivity (Wildman–Crippen MR) is 113 cm³/mol. The Morgan fingerprint density at radius 3 is 2.41 bits per heavy atom. The van der Waals surface area contributed by atoms with E-state index in [0.717, 1.165) is 32.2 Å². The summed E-state index contributed by atoms with van der Waals surface area (Å²) < 4.78 is 54.7. The van der Waals surface area contributed by atoms with Gasteiger partial charge in [-0.1, -0.05) is 6.08 Å². The minimum Gasteiger partial charge on any atom is -0.444 e. The molecule has 0 N–H and O–H groups in total. The zero-order chi connectivity index (χ0) is 23.4. The van der Waals surface area contributed by atoms with Crippen LogP contribution in [-0.4, -0.2) is 59.1 Å². The first kappa shape index (κ1) is 23.9. The number of alkyl halides is 3. The third kappa shape index (κ3) is 7.17. The lowest BCUT2D eigenvalue weighted by atomic mass is 10.1. The van der Waals surface area contributed by atoms with Crippen molar-refractivity contribution in [1.82, 2.24) is 4.90 Å². The van der Waals surface area contributed by atoms with Gasteiger partial charge in [-0.05, 0) is 51.5 Å². The molecule has 6 nitrogen and oxygen atoms in total. The number of hydrogen-bond donors (Lipinski definition) is 0. The molecule has 1 atom stereocenters. The molecule has 1 amide bonds. The van der Waals surface area contributed by atoms with E-state index >= 15 is 0 Å². The molecule has 0 bridgehead atoms. The van der Waals surface area contributed by atoms with Gasteiger partial charge in [0.1, 0.15) is 23.6 Å². The molecule has 2 aliphatic heterocycles. The Labute approximate surface area is 186 Å². The average molecular weight is 455 g/mol. The average Bonchev–Trinajstić information content (AvgIpc) is 2.94. The number of rotatable bonds is 3. The van der Waals surface area contributed by atoms with E-state index in [1.54, 1.807) is 4.90 Å². The molecular formula is C23H30F3N2O4+.